The van der Waals surface area contributed by atoms with Gasteiger partial charge in [0, 0.05) is 13.1 Å². The quantitative estimate of drug-likeness (QED) is 0.642. The fraction of sp³-hybridized carbons (Fsp3) is 0.556. The lowest BCUT2D eigenvalue weighted by Gasteiger charge is -2.18. The number of unbranched alkanes of at least 4 members (excludes halogenated alkanes) is 1. The van der Waals surface area contributed by atoms with E-state index in [1.165, 1.54) is 4.90 Å². The van der Waals surface area contributed by atoms with Gasteiger partial charge in [0.25, 0.3) is 11.8 Å². The molecule has 2 amide bonds. The Balaban J connectivity index is 1.44. The zero-order chi connectivity index (χ0) is 16.4. The van der Waals surface area contributed by atoms with Crippen LogP contribution < -0.4 is 0 Å². The number of carbonyl (C=O) groups is 2. The normalized spacial score (nSPS) is 22.7. The second-order valence-electron chi connectivity index (χ2n) is 6.60. The summed E-state index contributed by atoms with van der Waals surface area (Å²) in [5, 5.41) is 9.62. The molecule has 0 aromatic heterocycles. The highest BCUT2D eigenvalue weighted by Gasteiger charge is 2.34. The van der Waals surface area contributed by atoms with Gasteiger partial charge in [0.05, 0.1) is 17.2 Å². The van der Waals surface area contributed by atoms with Gasteiger partial charge in [-0.3, -0.25) is 14.5 Å². The minimum absolute atomic E-state index is 0.166. The van der Waals surface area contributed by atoms with Gasteiger partial charge >= 0.3 is 0 Å². The maximum atomic E-state index is 12.2. The molecule has 5 heteroatoms. The number of likely N-dealkylation sites (tertiary alicyclic amines) is 1. The highest BCUT2D eigenvalue weighted by molar-refractivity contribution is 6.21. The molecule has 0 saturated carbocycles. The highest BCUT2D eigenvalue weighted by Crippen LogP contribution is 2.23. The lowest BCUT2D eigenvalue weighted by Crippen LogP contribution is -2.31. The average Bonchev–Trinajstić information content (AvgIpc) is 3.11. The van der Waals surface area contributed by atoms with Gasteiger partial charge in [0.2, 0.25) is 0 Å². The fourth-order valence-electron chi connectivity index (χ4n) is 3.51. The van der Waals surface area contributed by atoms with Crippen molar-refractivity contribution in [1.29, 1.82) is 0 Å². The molecule has 2 heterocycles. The number of rotatable bonds is 6. The van der Waals surface area contributed by atoms with Crippen LogP contribution in [0, 0.1) is 5.92 Å². The molecular formula is C18H24N2O3. The van der Waals surface area contributed by atoms with Crippen LogP contribution in [0.25, 0.3) is 0 Å². The van der Waals surface area contributed by atoms with Crippen LogP contribution in [0.4, 0.5) is 0 Å². The molecule has 0 bridgehead atoms. The molecule has 2 unspecified atom stereocenters. The number of imide groups is 1. The number of aliphatic hydroxyl groups excluding tert-OH is 1. The zero-order valence-corrected chi connectivity index (χ0v) is 13.6. The maximum absolute atomic E-state index is 12.2. The summed E-state index contributed by atoms with van der Waals surface area (Å²) in [5.74, 6) is 0.0492. The van der Waals surface area contributed by atoms with Crippen molar-refractivity contribution in [2.75, 3.05) is 26.2 Å². The van der Waals surface area contributed by atoms with Gasteiger partial charge in [0.15, 0.2) is 0 Å². The van der Waals surface area contributed by atoms with E-state index in [4.69, 9.17) is 0 Å². The predicted octanol–water partition coefficient (Wildman–Crippen LogP) is 1.77. The average molecular weight is 316 g/mol. The molecule has 1 saturated heterocycles. The Hall–Kier alpha value is -1.72. The van der Waals surface area contributed by atoms with E-state index in [0.717, 1.165) is 38.9 Å². The smallest absolute Gasteiger partial charge is 0.261 e. The van der Waals surface area contributed by atoms with Crippen LogP contribution in [-0.2, 0) is 0 Å². The largest absolute Gasteiger partial charge is 0.393 e. The molecule has 1 N–H and O–H groups in total. The topological polar surface area (TPSA) is 60.9 Å². The van der Waals surface area contributed by atoms with E-state index in [-0.39, 0.29) is 17.9 Å². The third-order valence-electron chi connectivity index (χ3n) is 4.98. The van der Waals surface area contributed by atoms with E-state index < -0.39 is 0 Å². The number of carbonyl (C=O) groups excluding carboxylic acids is 2. The van der Waals surface area contributed by atoms with E-state index in [0.29, 0.717) is 23.6 Å². The maximum Gasteiger partial charge on any atom is 0.261 e. The van der Waals surface area contributed by atoms with Crippen molar-refractivity contribution in [3.8, 4) is 0 Å². The monoisotopic (exact) mass is 316 g/mol. The summed E-state index contributed by atoms with van der Waals surface area (Å²) in [6.45, 7) is 5.29. The second kappa shape index (κ2) is 6.81. The first-order chi connectivity index (χ1) is 11.1. The molecule has 23 heavy (non-hydrogen) atoms. The van der Waals surface area contributed by atoms with Crippen molar-refractivity contribution in [2.24, 2.45) is 5.92 Å². The number of benzene rings is 1. The Morgan fingerprint density at radius 3 is 2.30 bits per heavy atom. The summed E-state index contributed by atoms with van der Waals surface area (Å²) in [4.78, 5) is 28.2. The Morgan fingerprint density at radius 1 is 1.13 bits per heavy atom. The molecular weight excluding hydrogens is 292 g/mol. The molecule has 2 atom stereocenters. The molecule has 2 aliphatic heterocycles. The third kappa shape index (κ3) is 3.31. The van der Waals surface area contributed by atoms with Crippen molar-refractivity contribution in [1.82, 2.24) is 9.80 Å². The number of hydrogen-bond donors (Lipinski definition) is 1. The summed E-state index contributed by atoms with van der Waals surface area (Å²) >= 11 is 0. The molecule has 0 aliphatic carbocycles. The van der Waals surface area contributed by atoms with Crippen LogP contribution in [0.5, 0.6) is 0 Å². The van der Waals surface area contributed by atoms with E-state index >= 15 is 0 Å². The molecule has 1 aromatic rings. The molecule has 0 spiro atoms. The fourth-order valence-corrected chi connectivity index (χ4v) is 3.51. The van der Waals surface area contributed by atoms with Gasteiger partial charge in [0.1, 0.15) is 0 Å². The number of amides is 2. The summed E-state index contributed by atoms with van der Waals surface area (Å²) in [5.41, 5.74) is 1.05. The van der Waals surface area contributed by atoms with E-state index in [1.807, 2.05) is 6.92 Å². The molecule has 5 nitrogen and oxygen atoms in total. The summed E-state index contributed by atoms with van der Waals surface area (Å²) < 4.78 is 0. The van der Waals surface area contributed by atoms with E-state index in [2.05, 4.69) is 4.90 Å². The first-order valence-electron chi connectivity index (χ1n) is 8.43. The van der Waals surface area contributed by atoms with Crippen LogP contribution >= 0.6 is 0 Å². The molecule has 1 aromatic carbocycles. The van der Waals surface area contributed by atoms with Crippen molar-refractivity contribution < 1.29 is 14.7 Å². The Bertz CT molecular complexity index is 565. The van der Waals surface area contributed by atoms with Crippen LogP contribution in [0.2, 0.25) is 0 Å². The molecule has 1 fully saturated rings. The first kappa shape index (κ1) is 16.1. The second-order valence-corrected chi connectivity index (χ2v) is 6.60. The van der Waals surface area contributed by atoms with Gasteiger partial charge < -0.3 is 10.0 Å². The molecule has 0 radical (unpaired) electrons. The Morgan fingerprint density at radius 2 is 1.74 bits per heavy atom. The van der Waals surface area contributed by atoms with Crippen LogP contribution in [0.15, 0.2) is 24.3 Å². The van der Waals surface area contributed by atoms with Crippen molar-refractivity contribution in [3.63, 3.8) is 0 Å². The van der Waals surface area contributed by atoms with E-state index in [1.54, 1.807) is 24.3 Å². The van der Waals surface area contributed by atoms with Crippen molar-refractivity contribution in [3.05, 3.63) is 35.4 Å². The van der Waals surface area contributed by atoms with Gasteiger partial charge in [-0.2, -0.15) is 0 Å². The number of fused-ring (bicyclic) bond motifs is 1. The Labute approximate surface area is 136 Å². The predicted molar refractivity (Wildman–Crippen MR) is 87.3 cm³/mol. The molecule has 3 rings (SSSR count). The standard InChI is InChI=1S/C18H24N2O3/c1-13(21)14-8-11-19(12-14)9-4-5-10-20-17(22)15-6-2-3-7-16(15)18(20)23/h2-3,6-7,13-14,21H,4-5,8-12H2,1H3. The van der Waals surface area contributed by atoms with Gasteiger partial charge in [-0.25, -0.2) is 0 Å². The van der Waals surface area contributed by atoms with Crippen LogP contribution in [0.1, 0.15) is 46.9 Å². The number of aliphatic hydroxyl groups is 1. The first-order valence-corrected chi connectivity index (χ1v) is 8.43. The van der Waals surface area contributed by atoms with Crippen LogP contribution in [-0.4, -0.2) is 59.0 Å². The SMILES string of the molecule is CC(O)C1CCN(CCCCN2C(=O)c3ccccc3C2=O)C1. The van der Waals surface area contributed by atoms with Gasteiger partial charge in [-0.1, -0.05) is 12.1 Å². The van der Waals surface area contributed by atoms with Gasteiger partial charge in [-0.05, 0) is 57.3 Å². The summed E-state index contributed by atoms with van der Waals surface area (Å²) in [7, 11) is 0. The lowest BCUT2D eigenvalue weighted by atomic mass is 10.0. The van der Waals surface area contributed by atoms with Crippen molar-refractivity contribution >= 4 is 11.8 Å². The third-order valence-corrected chi connectivity index (χ3v) is 4.98. The minimum atomic E-state index is -0.238. The zero-order valence-electron chi connectivity index (χ0n) is 13.6. The summed E-state index contributed by atoms with van der Waals surface area (Å²) in [6.07, 6.45) is 2.59. The van der Waals surface area contributed by atoms with Crippen molar-refractivity contribution in [2.45, 2.75) is 32.3 Å². The highest BCUT2D eigenvalue weighted by atomic mass is 16.3. The molecule has 2 aliphatic rings. The molecule has 124 valence electrons. The number of hydrogen-bond acceptors (Lipinski definition) is 4. The lowest BCUT2D eigenvalue weighted by molar-refractivity contribution is 0.0650. The minimum Gasteiger partial charge on any atom is -0.393 e. The Kier molecular flexibility index (Phi) is 4.78. The number of nitrogens with zero attached hydrogens (tertiary/aromatic N) is 2. The summed E-state index contributed by atoms with van der Waals surface area (Å²) in [6, 6.07) is 7.02. The van der Waals surface area contributed by atoms with Gasteiger partial charge in [-0.15, -0.1) is 0 Å². The van der Waals surface area contributed by atoms with Crippen LogP contribution in [0.3, 0.4) is 0 Å². The van der Waals surface area contributed by atoms with E-state index in [9.17, 15) is 14.7 Å².